The summed E-state index contributed by atoms with van der Waals surface area (Å²) < 4.78 is 28.1. The Morgan fingerprint density at radius 3 is 2.12 bits per heavy atom. The molecule has 34 heavy (non-hydrogen) atoms. The van der Waals surface area contributed by atoms with Crippen molar-refractivity contribution < 1.29 is 54.0 Å². The lowest BCUT2D eigenvalue weighted by Gasteiger charge is -2.38. The Balaban J connectivity index is 1.90. The molecule has 182 valence electrons. The van der Waals surface area contributed by atoms with E-state index >= 15 is 0 Å². The fourth-order valence-electron chi connectivity index (χ4n) is 3.71. The Morgan fingerprint density at radius 1 is 0.824 bits per heavy atom. The third kappa shape index (κ3) is 4.10. The fourth-order valence-corrected chi connectivity index (χ4v) is 3.71. The van der Waals surface area contributed by atoms with Crippen molar-refractivity contribution >= 4 is 11.0 Å². The highest BCUT2D eigenvalue weighted by Gasteiger charge is 2.44. The molecule has 5 atom stereocenters. The molecular formula is C23H25O11+. The Kier molecular flexibility index (Phi) is 6.28. The molecule has 0 aliphatic carbocycles. The molecule has 0 unspecified atom stereocenters. The monoisotopic (exact) mass is 477 g/mol. The number of rotatable bonds is 5. The van der Waals surface area contributed by atoms with Crippen molar-refractivity contribution in [2.45, 2.75) is 37.6 Å². The number of aliphatic hydroxyl groups excluding tert-OH is 3. The molecule has 11 nitrogen and oxygen atoms in total. The van der Waals surface area contributed by atoms with Gasteiger partial charge in [-0.2, -0.15) is 0 Å². The van der Waals surface area contributed by atoms with Crippen molar-refractivity contribution in [1.82, 2.24) is 0 Å². The van der Waals surface area contributed by atoms with Crippen molar-refractivity contribution in [3.8, 4) is 45.8 Å². The zero-order valence-corrected chi connectivity index (χ0v) is 18.5. The second-order valence-corrected chi connectivity index (χ2v) is 7.84. The molecule has 2 heterocycles. The van der Waals surface area contributed by atoms with Gasteiger partial charge in [0.15, 0.2) is 17.2 Å². The lowest BCUT2D eigenvalue weighted by atomic mass is 10.00. The fraction of sp³-hybridized carbons (Fsp3) is 0.348. The predicted octanol–water partition coefficient (Wildman–Crippen LogP) is 1.72. The van der Waals surface area contributed by atoms with Crippen molar-refractivity contribution in [2.24, 2.45) is 0 Å². The minimum absolute atomic E-state index is 0.0136. The minimum atomic E-state index is -1.60. The highest BCUT2D eigenvalue weighted by Crippen LogP contribution is 2.45. The average Bonchev–Trinajstić information content (AvgIpc) is 2.83. The molecule has 11 heteroatoms. The standard InChI is InChI=1S/C23H24O11/c1-9-18(26)20(28)21(29)23(32-9)34-17-8-12-15(31-3)6-11(30-2)7-16(12)33-22(17)10-4-13(24)19(27)14(25)5-10/h4-9,18,20-21,23,26,28-29H,1-3H3,(H2-,24,25,27)/p+1/t9-,18-,20+,21+,23-/m0/s1. The summed E-state index contributed by atoms with van der Waals surface area (Å²) in [5.74, 6) is -1.16. The molecule has 0 radical (unpaired) electrons. The molecule has 1 saturated heterocycles. The van der Waals surface area contributed by atoms with Crippen LogP contribution in [0.2, 0.25) is 0 Å². The van der Waals surface area contributed by atoms with E-state index in [1.54, 1.807) is 12.1 Å². The van der Waals surface area contributed by atoms with Gasteiger partial charge in [0.25, 0.3) is 0 Å². The molecule has 1 aromatic heterocycles. The number of phenols is 3. The van der Waals surface area contributed by atoms with E-state index in [9.17, 15) is 30.6 Å². The van der Waals surface area contributed by atoms with Gasteiger partial charge < -0.3 is 49.6 Å². The van der Waals surface area contributed by atoms with Gasteiger partial charge in [0, 0.05) is 24.3 Å². The molecular weight excluding hydrogens is 452 g/mol. The highest BCUT2D eigenvalue weighted by molar-refractivity contribution is 5.89. The van der Waals surface area contributed by atoms with Crippen LogP contribution in [0.1, 0.15) is 6.92 Å². The van der Waals surface area contributed by atoms with Crippen LogP contribution in [0.3, 0.4) is 0 Å². The van der Waals surface area contributed by atoms with E-state index in [1.165, 1.54) is 27.2 Å². The van der Waals surface area contributed by atoms with Crippen LogP contribution in [0, 0.1) is 0 Å². The van der Waals surface area contributed by atoms with E-state index in [1.807, 2.05) is 0 Å². The first-order valence-electron chi connectivity index (χ1n) is 10.3. The smallest absolute Gasteiger partial charge is 0.402 e. The zero-order valence-electron chi connectivity index (χ0n) is 18.5. The van der Waals surface area contributed by atoms with Crippen LogP contribution in [0.5, 0.6) is 34.5 Å². The van der Waals surface area contributed by atoms with Gasteiger partial charge in [-0.15, -0.1) is 0 Å². The number of aromatic hydroxyl groups is 3. The van der Waals surface area contributed by atoms with Crippen LogP contribution in [0.4, 0.5) is 0 Å². The summed E-state index contributed by atoms with van der Waals surface area (Å²) in [6.07, 6.45) is -6.72. The van der Waals surface area contributed by atoms with Crippen LogP contribution in [0.25, 0.3) is 22.3 Å². The van der Waals surface area contributed by atoms with Gasteiger partial charge in [-0.25, -0.2) is 4.42 Å². The lowest BCUT2D eigenvalue weighted by molar-refractivity contribution is -0.268. The number of hydrogen-bond donors (Lipinski definition) is 6. The van der Waals surface area contributed by atoms with E-state index in [0.717, 1.165) is 12.1 Å². The van der Waals surface area contributed by atoms with Crippen molar-refractivity contribution in [2.75, 3.05) is 14.2 Å². The van der Waals surface area contributed by atoms with Gasteiger partial charge in [-0.05, 0) is 6.92 Å². The Labute approximate surface area is 193 Å². The molecule has 0 saturated carbocycles. The van der Waals surface area contributed by atoms with Gasteiger partial charge in [0.05, 0.1) is 32.0 Å². The normalized spacial score (nSPS) is 24.7. The molecule has 0 amide bonds. The highest BCUT2D eigenvalue weighted by atomic mass is 16.7. The summed E-state index contributed by atoms with van der Waals surface area (Å²) in [5, 5.41) is 60.7. The molecule has 6 N–H and O–H groups in total. The second kappa shape index (κ2) is 9.03. The summed E-state index contributed by atoms with van der Waals surface area (Å²) in [6.45, 7) is 1.51. The van der Waals surface area contributed by atoms with Crippen LogP contribution in [-0.4, -0.2) is 75.6 Å². The van der Waals surface area contributed by atoms with E-state index in [-0.39, 0.29) is 17.1 Å². The maximum atomic E-state index is 10.4. The van der Waals surface area contributed by atoms with Gasteiger partial charge >= 0.3 is 11.3 Å². The predicted molar refractivity (Wildman–Crippen MR) is 117 cm³/mol. The van der Waals surface area contributed by atoms with Gasteiger partial charge in [0.1, 0.15) is 35.2 Å². The van der Waals surface area contributed by atoms with Crippen molar-refractivity contribution in [3.05, 3.63) is 30.3 Å². The van der Waals surface area contributed by atoms with Gasteiger partial charge in [-0.1, -0.05) is 0 Å². The number of hydrogen-bond acceptors (Lipinski definition) is 10. The number of methoxy groups -OCH3 is 2. The summed E-state index contributed by atoms with van der Waals surface area (Å²) in [5.41, 5.74) is 0.407. The summed E-state index contributed by atoms with van der Waals surface area (Å²) in [6, 6.07) is 7.01. The first kappa shape index (κ1) is 23.6. The number of ether oxygens (including phenoxy) is 4. The minimum Gasteiger partial charge on any atom is -0.504 e. The van der Waals surface area contributed by atoms with Crippen molar-refractivity contribution in [3.63, 3.8) is 0 Å². The van der Waals surface area contributed by atoms with E-state index in [0.29, 0.717) is 22.5 Å². The SMILES string of the molecule is COc1cc(OC)c2cc(O[C@@H]3O[C@@H](C)[C@H](O)[C@@H](O)[C@H]3O)c(-c3cc(O)c(O)c(O)c3)[o+]c2c1. The molecule has 1 aliphatic heterocycles. The Hall–Kier alpha value is -3.51. The maximum Gasteiger partial charge on any atom is 0.402 e. The molecule has 4 rings (SSSR count). The summed E-state index contributed by atoms with van der Waals surface area (Å²) >= 11 is 0. The molecule has 2 aromatic carbocycles. The summed E-state index contributed by atoms with van der Waals surface area (Å²) in [7, 11) is 2.92. The molecule has 0 bridgehead atoms. The maximum absolute atomic E-state index is 10.4. The Morgan fingerprint density at radius 2 is 1.50 bits per heavy atom. The number of aliphatic hydroxyl groups is 3. The first-order chi connectivity index (χ1) is 16.1. The largest absolute Gasteiger partial charge is 0.504 e. The second-order valence-electron chi connectivity index (χ2n) is 7.84. The third-order valence-electron chi connectivity index (χ3n) is 5.63. The van der Waals surface area contributed by atoms with Gasteiger partial charge in [-0.3, -0.25) is 0 Å². The molecule has 3 aromatic rings. The van der Waals surface area contributed by atoms with Crippen LogP contribution in [0.15, 0.2) is 34.7 Å². The number of phenolic OH excluding ortho intramolecular Hbond substituents is 3. The van der Waals surface area contributed by atoms with Gasteiger partial charge in [0.2, 0.25) is 12.0 Å². The average molecular weight is 477 g/mol. The van der Waals surface area contributed by atoms with E-state index < -0.39 is 48.0 Å². The zero-order chi connectivity index (χ0) is 24.7. The topological polar surface area (TPSA) is 170 Å². The third-order valence-corrected chi connectivity index (χ3v) is 5.63. The number of benzene rings is 2. The molecule has 1 aliphatic rings. The van der Waals surface area contributed by atoms with Crippen molar-refractivity contribution in [1.29, 1.82) is 0 Å². The Bertz CT molecular complexity index is 1190. The first-order valence-corrected chi connectivity index (χ1v) is 10.3. The van der Waals surface area contributed by atoms with E-state index in [4.69, 9.17) is 23.4 Å². The lowest BCUT2D eigenvalue weighted by Crippen LogP contribution is -2.58. The van der Waals surface area contributed by atoms with E-state index in [2.05, 4.69) is 0 Å². The van der Waals surface area contributed by atoms with Crippen LogP contribution >= 0.6 is 0 Å². The molecule has 1 fully saturated rings. The molecule has 0 spiro atoms. The quantitative estimate of drug-likeness (QED) is 0.234. The summed E-state index contributed by atoms with van der Waals surface area (Å²) in [4.78, 5) is 0. The number of fused-ring (bicyclic) bond motifs is 1. The van der Waals surface area contributed by atoms with Crippen LogP contribution < -0.4 is 14.2 Å². The van der Waals surface area contributed by atoms with Crippen LogP contribution in [-0.2, 0) is 4.74 Å².